The number of piperidine rings is 1. The second kappa shape index (κ2) is 7.36. The number of nitrogens with one attached hydrogen (secondary N) is 1. The molecule has 0 aromatic carbocycles. The van der Waals surface area contributed by atoms with Crippen molar-refractivity contribution in [3.05, 3.63) is 0 Å². The summed E-state index contributed by atoms with van der Waals surface area (Å²) in [6.07, 6.45) is 3.81. The zero-order chi connectivity index (χ0) is 13.5. The Morgan fingerprint density at radius 1 is 1.50 bits per heavy atom. The van der Waals surface area contributed by atoms with Gasteiger partial charge in [-0.15, -0.1) is 0 Å². The average molecular weight is 256 g/mol. The van der Waals surface area contributed by atoms with E-state index in [0.29, 0.717) is 6.54 Å². The number of hydrogen-bond donors (Lipinski definition) is 2. The van der Waals surface area contributed by atoms with Gasteiger partial charge in [0.25, 0.3) is 0 Å². The maximum Gasteiger partial charge on any atom is 0.320 e. The first-order valence-electron chi connectivity index (χ1n) is 6.80. The zero-order valence-corrected chi connectivity index (χ0v) is 11.3. The van der Waals surface area contributed by atoms with Crippen LogP contribution in [0, 0.1) is 5.92 Å². The van der Waals surface area contributed by atoms with Crippen molar-refractivity contribution < 1.29 is 14.7 Å². The molecule has 2 N–H and O–H groups in total. The number of likely N-dealkylation sites (tertiary alicyclic amines) is 1. The molecule has 0 spiro atoms. The molecule has 1 heterocycles. The van der Waals surface area contributed by atoms with E-state index in [1.807, 2.05) is 4.90 Å². The van der Waals surface area contributed by atoms with Crippen LogP contribution >= 0.6 is 0 Å². The minimum Gasteiger partial charge on any atom is -0.480 e. The lowest BCUT2D eigenvalue weighted by Crippen LogP contribution is -2.48. The number of aliphatic carboxylic acids is 1. The highest BCUT2D eigenvalue weighted by Gasteiger charge is 2.30. The van der Waals surface area contributed by atoms with Crippen LogP contribution < -0.4 is 5.32 Å². The SMILES string of the molecule is CCCCNC(=O)[C@@H]1CCCN([C@H](C)C(=O)O)C1. The molecular weight excluding hydrogens is 232 g/mol. The third kappa shape index (κ3) is 4.29. The molecule has 1 aliphatic rings. The van der Waals surface area contributed by atoms with Gasteiger partial charge >= 0.3 is 5.97 Å². The molecule has 0 aromatic heterocycles. The first-order chi connectivity index (χ1) is 8.56. The van der Waals surface area contributed by atoms with Gasteiger partial charge < -0.3 is 10.4 Å². The molecule has 0 aliphatic carbocycles. The lowest BCUT2D eigenvalue weighted by Gasteiger charge is -2.34. The van der Waals surface area contributed by atoms with Crippen molar-refractivity contribution in [3.63, 3.8) is 0 Å². The second-order valence-electron chi connectivity index (χ2n) is 4.99. The van der Waals surface area contributed by atoms with E-state index in [-0.39, 0.29) is 11.8 Å². The number of carbonyl (C=O) groups is 2. The molecule has 1 aliphatic heterocycles. The maximum atomic E-state index is 11.9. The summed E-state index contributed by atoms with van der Waals surface area (Å²) in [5.41, 5.74) is 0. The van der Waals surface area contributed by atoms with Gasteiger partial charge in [0.05, 0.1) is 5.92 Å². The van der Waals surface area contributed by atoms with Gasteiger partial charge in [0.2, 0.25) is 5.91 Å². The third-order valence-corrected chi connectivity index (χ3v) is 3.56. The molecule has 0 aromatic rings. The highest BCUT2D eigenvalue weighted by atomic mass is 16.4. The van der Waals surface area contributed by atoms with Crippen molar-refractivity contribution in [1.82, 2.24) is 10.2 Å². The summed E-state index contributed by atoms with van der Waals surface area (Å²) >= 11 is 0. The molecule has 104 valence electrons. The Balaban J connectivity index is 2.43. The fourth-order valence-electron chi connectivity index (χ4n) is 2.26. The van der Waals surface area contributed by atoms with Gasteiger partial charge in [0, 0.05) is 13.1 Å². The first-order valence-corrected chi connectivity index (χ1v) is 6.80. The molecule has 0 radical (unpaired) electrons. The number of nitrogens with zero attached hydrogens (tertiary/aromatic N) is 1. The minimum absolute atomic E-state index is 0.0580. The molecule has 1 saturated heterocycles. The third-order valence-electron chi connectivity index (χ3n) is 3.56. The van der Waals surface area contributed by atoms with Gasteiger partial charge in [0.1, 0.15) is 6.04 Å². The predicted octanol–water partition coefficient (Wildman–Crippen LogP) is 1.09. The van der Waals surface area contributed by atoms with Crippen molar-refractivity contribution in [3.8, 4) is 0 Å². The van der Waals surface area contributed by atoms with Gasteiger partial charge in [-0.3, -0.25) is 14.5 Å². The summed E-state index contributed by atoms with van der Waals surface area (Å²) in [5.74, 6) is -0.801. The fourth-order valence-corrected chi connectivity index (χ4v) is 2.26. The van der Waals surface area contributed by atoms with Crippen molar-refractivity contribution in [2.75, 3.05) is 19.6 Å². The quantitative estimate of drug-likeness (QED) is 0.698. The summed E-state index contributed by atoms with van der Waals surface area (Å²) in [4.78, 5) is 24.8. The molecule has 1 rings (SSSR count). The molecule has 0 saturated carbocycles. The van der Waals surface area contributed by atoms with Crippen LogP contribution in [0.15, 0.2) is 0 Å². The molecule has 18 heavy (non-hydrogen) atoms. The van der Waals surface area contributed by atoms with E-state index in [1.165, 1.54) is 0 Å². The summed E-state index contributed by atoms with van der Waals surface area (Å²) in [7, 11) is 0. The van der Waals surface area contributed by atoms with E-state index in [9.17, 15) is 9.59 Å². The minimum atomic E-state index is -0.818. The van der Waals surface area contributed by atoms with E-state index in [4.69, 9.17) is 5.11 Å². The molecule has 0 bridgehead atoms. The van der Waals surface area contributed by atoms with Gasteiger partial charge in [0.15, 0.2) is 0 Å². The van der Waals surface area contributed by atoms with Crippen LogP contribution in [0.25, 0.3) is 0 Å². The van der Waals surface area contributed by atoms with E-state index in [0.717, 1.165) is 38.8 Å². The second-order valence-corrected chi connectivity index (χ2v) is 4.99. The standard InChI is InChI=1S/C13H24N2O3/c1-3-4-7-14-12(16)11-6-5-8-15(9-11)10(2)13(17)18/h10-11H,3-9H2,1-2H3,(H,14,16)(H,17,18)/t10-,11-/m1/s1. The monoisotopic (exact) mass is 256 g/mol. The van der Waals surface area contributed by atoms with Crippen molar-refractivity contribution in [2.24, 2.45) is 5.92 Å². The predicted molar refractivity (Wildman–Crippen MR) is 69.3 cm³/mol. The number of unbranched alkanes of at least 4 members (excludes halogenated alkanes) is 1. The van der Waals surface area contributed by atoms with Crippen LogP contribution in [-0.2, 0) is 9.59 Å². The highest BCUT2D eigenvalue weighted by molar-refractivity contribution is 5.79. The van der Waals surface area contributed by atoms with E-state index in [1.54, 1.807) is 6.92 Å². The van der Waals surface area contributed by atoms with Crippen LogP contribution in [0.1, 0.15) is 39.5 Å². The highest BCUT2D eigenvalue weighted by Crippen LogP contribution is 2.18. The maximum absolute atomic E-state index is 11.9. The van der Waals surface area contributed by atoms with E-state index in [2.05, 4.69) is 12.2 Å². The van der Waals surface area contributed by atoms with Crippen LogP contribution in [0.4, 0.5) is 0 Å². The Bertz CT molecular complexity index is 294. The fraction of sp³-hybridized carbons (Fsp3) is 0.846. The molecule has 2 atom stereocenters. The number of carbonyl (C=O) groups excluding carboxylic acids is 1. The number of amides is 1. The molecular formula is C13H24N2O3. The van der Waals surface area contributed by atoms with Crippen molar-refractivity contribution in [1.29, 1.82) is 0 Å². The van der Waals surface area contributed by atoms with E-state index >= 15 is 0 Å². The molecule has 1 fully saturated rings. The number of carboxylic acids is 1. The molecule has 5 heteroatoms. The first kappa shape index (κ1) is 15.0. The summed E-state index contributed by atoms with van der Waals surface area (Å²) in [6.45, 7) is 5.82. The summed E-state index contributed by atoms with van der Waals surface area (Å²) in [5, 5.41) is 11.9. The van der Waals surface area contributed by atoms with Crippen LogP contribution in [0.3, 0.4) is 0 Å². The van der Waals surface area contributed by atoms with Gasteiger partial charge in [-0.2, -0.15) is 0 Å². The largest absolute Gasteiger partial charge is 0.480 e. The lowest BCUT2D eigenvalue weighted by atomic mass is 9.96. The Hall–Kier alpha value is -1.10. The molecule has 1 amide bonds. The Morgan fingerprint density at radius 3 is 2.83 bits per heavy atom. The Kier molecular flexibility index (Phi) is 6.12. The van der Waals surface area contributed by atoms with Crippen LogP contribution in [-0.4, -0.2) is 47.6 Å². The molecule has 5 nitrogen and oxygen atoms in total. The number of rotatable bonds is 6. The number of hydrogen-bond acceptors (Lipinski definition) is 3. The Labute approximate surface area is 109 Å². The normalized spacial score (nSPS) is 22.4. The summed E-state index contributed by atoms with van der Waals surface area (Å²) < 4.78 is 0. The van der Waals surface area contributed by atoms with Crippen molar-refractivity contribution in [2.45, 2.75) is 45.6 Å². The van der Waals surface area contributed by atoms with Crippen molar-refractivity contribution >= 4 is 11.9 Å². The smallest absolute Gasteiger partial charge is 0.320 e. The van der Waals surface area contributed by atoms with Gasteiger partial charge in [-0.25, -0.2) is 0 Å². The van der Waals surface area contributed by atoms with Gasteiger partial charge in [-0.05, 0) is 32.7 Å². The topological polar surface area (TPSA) is 69.6 Å². The van der Waals surface area contributed by atoms with Gasteiger partial charge in [-0.1, -0.05) is 13.3 Å². The zero-order valence-electron chi connectivity index (χ0n) is 11.3. The van der Waals surface area contributed by atoms with E-state index < -0.39 is 12.0 Å². The average Bonchev–Trinajstić information content (AvgIpc) is 2.38. The Morgan fingerprint density at radius 2 is 2.22 bits per heavy atom. The molecule has 0 unspecified atom stereocenters. The van der Waals surface area contributed by atoms with Crippen LogP contribution in [0.2, 0.25) is 0 Å². The summed E-state index contributed by atoms with van der Waals surface area (Å²) in [6, 6.07) is -0.503. The number of carboxylic acid groups (broad SMARTS) is 1. The lowest BCUT2D eigenvalue weighted by molar-refractivity contribution is -0.144. The van der Waals surface area contributed by atoms with Crippen LogP contribution in [0.5, 0.6) is 0 Å².